The number of hydrogen-bond acceptors (Lipinski definition) is 6. The van der Waals surface area contributed by atoms with Gasteiger partial charge in [-0.05, 0) is 43.5 Å². The van der Waals surface area contributed by atoms with Gasteiger partial charge in [0.1, 0.15) is 12.1 Å². The summed E-state index contributed by atoms with van der Waals surface area (Å²) >= 11 is 1.36. The van der Waals surface area contributed by atoms with E-state index in [0.717, 1.165) is 37.3 Å². The third-order valence-electron chi connectivity index (χ3n) is 4.01. The van der Waals surface area contributed by atoms with Crippen LogP contribution in [0.2, 0.25) is 0 Å². The second kappa shape index (κ2) is 8.87. The Morgan fingerprint density at radius 1 is 1.44 bits per heavy atom. The molecule has 0 saturated carbocycles. The maximum atomic E-state index is 12.0. The van der Waals surface area contributed by atoms with Crippen LogP contribution >= 0.6 is 11.8 Å². The molecule has 0 aliphatic carbocycles. The summed E-state index contributed by atoms with van der Waals surface area (Å²) < 4.78 is 12.6. The van der Waals surface area contributed by atoms with Crippen LogP contribution in [-0.4, -0.2) is 52.8 Å². The van der Waals surface area contributed by atoms with Gasteiger partial charge in [-0.2, -0.15) is 0 Å². The Hall–Kier alpha value is -2.06. The molecule has 25 heavy (non-hydrogen) atoms. The molecule has 1 aliphatic heterocycles. The molecule has 1 amide bonds. The molecule has 7 nitrogen and oxygen atoms in total. The molecule has 1 saturated heterocycles. The van der Waals surface area contributed by atoms with Crippen molar-refractivity contribution in [1.82, 2.24) is 20.1 Å². The Labute approximate surface area is 151 Å². The van der Waals surface area contributed by atoms with Crippen LogP contribution in [0.1, 0.15) is 19.3 Å². The summed E-state index contributed by atoms with van der Waals surface area (Å²) in [5.41, 5.74) is 0.923. The number of nitrogens with one attached hydrogen (secondary N) is 1. The Morgan fingerprint density at radius 2 is 2.28 bits per heavy atom. The van der Waals surface area contributed by atoms with Crippen molar-refractivity contribution in [2.24, 2.45) is 0 Å². The summed E-state index contributed by atoms with van der Waals surface area (Å²) in [6.45, 7) is 1.49. The number of nitrogens with zero attached hydrogens (tertiary/aromatic N) is 3. The summed E-state index contributed by atoms with van der Waals surface area (Å²) in [6, 6.07) is 7.60. The number of aromatic nitrogens is 3. The molecule has 1 N–H and O–H groups in total. The summed E-state index contributed by atoms with van der Waals surface area (Å²) in [4.78, 5) is 12.0. The van der Waals surface area contributed by atoms with E-state index in [1.807, 2.05) is 28.8 Å². The first-order valence-corrected chi connectivity index (χ1v) is 9.30. The minimum atomic E-state index is -0.00715. The predicted molar refractivity (Wildman–Crippen MR) is 95.2 cm³/mol. The van der Waals surface area contributed by atoms with Crippen molar-refractivity contribution in [3.05, 3.63) is 30.6 Å². The van der Waals surface area contributed by atoms with Gasteiger partial charge in [0.15, 0.2) is 5.16 Å². The maximum Gasteiger partial charge on any atom is 0.230 e. The van der Waals surface area contributed by atoms with E-state index in [1.165, 1.54) is 11.8 Å². The molecule has 2 heterocycles. The minimum Gasteiger partial charge on any atom is -0.497 e. The lowest BCUT2D eigenvalue weighted by molar-refractivity contribution is -0.118. The maximum absolute atomic E-state index is 12.0. The topological polar surface area (TPSA) is 78.3 Å². The summed E-state index contributed by atoms with van der Waals surface area (Å²) in [5, 5.41) is 11.7. The Bertz CT molecular complexity index is 683. The highest BCUT2D eigenvalue weighted by molar-refractivity contribution is 7.99. The molecule has 1 unspecified atom stereocenters. The van der Waals surface area contributed by atoms with Gasteiger partial charge in [-0.25, -0.2) is 0 Å². The van der Waals surface area contributed by atoms with Crippen LogP contribution in [0.15, 0.2) is 35.7 Å². The normalized spacial score (nSPS) is 16.8. The lowest BCUT2D eigenvalue weighted by atomic mass is 10.2. The number of ether oxygens (including phenoxy) is 2. The fourth-order valence-electron chi connectivity index (χ4n) is 2.67. The molecule has 1 atom stereocenters. The number of benzene rings is 1. The molecule has 1 fully saturated rings. The first-order valence-electron chi connectivity index (χ1n) is 8.32. The molecule has 3 rings (SSSR count). The van der Waals surface area contributed by atoms with Crippen molar-refractivity contribution < 1.29 is 14.3 Å². The average Bonchev–Trinajstić information content (AvgIpc) is 3.32. The quantitative estimate of drug-likeness (QED) is 0.724. The lowest BCUT2D eigenvalue weighted by Gasteiger charge is -2.10. The van der Waals surface area contributed by atoms with Gasteiger partial charge < -0.3 is 14.8 Å². The molecule has 0 bridgehead atoms. The number of hydrogen-bond donors (Lipinski definition) is 1. The Balaban J connectivity index is 1.48. The molecule has 1 aromatic carbocycles. The van der Waals surface area contributed by atoms with Crippen LogP contribution in [0.5, 0.6) is 5.75 Å². The average molecular weight is 362 g/mol. The number of carbonyl (C=O) groups excluding carboxylic acids is 1. The zero-order valence-corrected chi connectivity index (χ0v) is 15.0. The van der Waals surface area contributed by atoms with Gasteiger partial charge >= 0.3 is 0 Å². The van der Waals surface area contributed by atoms with E-state index in [0.29, 0.717) is 23.6 Å². The van der Waals surface area contributed by atoms with Crippen LogP contribution in [0.25, 0.3) is 5.69 Å². The van der Waals surface area contributed by atoms with E-state index < -0.39 is 0 Å². The van der Waals surface area contributed by atoms with Crippen molar-refractivity contribution in [2.45, 2.75) is 30.5 Å². The molecule has 0 radical (unpaired) electrons. The molecule has 8 heteroatoms. The van der Waals surface area contributed by atoms with Gasteiger partial charge in [0.25, 0.3) is 0 Å². The van der Waals surface area contributed by atoms with Gasteiger partial charge in [0.05, 0.1) is 19.0 Å². The summed E-state index contributed by atoms with van der Waals surface area (Å²) in [5.74, 6) is 1.09. The molecule has 1 aromatic heterocycles. The zero-order valence-electron chi connectivity index (χ0n) is 14.2. The Kier molecular flexibility index (Phi) is 6.30. The Morgan fingerprint density at radius 3 is 3.00 bits per heavy atom. The highest BCUT2D eigenvalue weighted by Gasteiger charge is 2.15. The fraction of sp³-hybridized carbons (Fsp3) is 0.471. The zero-order chi connectivity index (χ0) is 17.5. The number of methoxy groups -OCH3 is 1. The van der Waals surface area contributed by atoms with Crippen molar-refractivity contribution in [2.75, 3.05) is 26.0 Å². The van der Waals surface area contributed by atoms with Gasteiger partial charge in [-0.3, -0.25) is 9.36 Å². The molecule has 1 aliphatic rings. The van der Waals surface area contributed by atoms with E-state index in [1.54, 1.807) is 13.4 Å². The smallest absolute Gasteiger partial charge is 0.230 e. The molecule has 134 valence electrons. The monoisotopic (exact) mass is 362 g/mol. The van der Waals surface area contributed by atoms with E-state index in [2.05, 4.69) is 15.5 Å². The number of thioether (sulfide) groups is 1. The van der Waals surface area contributed by atoms with Crippen molar-refractivity contribution in [3.63, 3.8) is 0 Å². The van der Waals surface area contributed by atoms with Crippen LogP contribution in [-0.2, 0) is 9.53 Å². The molecule has 2 aromatic rings. The SMILES string of the molecule is COc1ccc(-n2cnnc2SCC(=O)NCCC2CCCO2)cc1. The molecule has 0 spiro atoms. The van der Waals surface area contributed by atoms with Gasteiger partial charge in [0.2, 0.25) is 5.91 Å². The van der Waals surface area contributed by atoms with E-state index in [9.17, 15) is 4.79 Å². The number of carbonyl (C=O) groups is 1. The van der Waals surface area contributed by atoms with E-state index >= 15 is 0 Å². The van der Waals surface area contributed by atoms with Gasteiger partial charge in [-0.15, -0.1) is 10.2 Å². The predicted octanol–water partition coefficient (Wildman–Crippen LogP) is 2.05. The van der Waals surface area contributed by atoms with Gasteiger partial charge in [-0.1, -0.05) is 11.8 Å². The summed E-state index contributed by atoms with van der Waals surface area (Å²) in [7, 11) is 1.63. The van der Waals surface area contributed by atoms with Crippen molar-refractivity contribution in [1.29, 1.82) is 0 Å². The van der Waals surface area contributed by atoms with E-state index in [4.69, 9.17) is 9.47 Å². The third kappa shape index (κ3) is 4.96. The molecular weight excluding hydrogens is 340 g/mol. The second-order valence-electron chi connectivity index (χ2n) is 5.74. The lowest BCUT2D eigenvalue weighted by Crippen LogP contribution is -2.28. The van der Waals surface area contributed by atoms with Crippen molar-refractivity contribution >= 4 is 17.7 Å². The van der Waals surface area contributed by atoms with Crippen molar-refractivity contribution in [3.8, 4) is 11.4 Å². The first kappa shape index (κ1) is 17.8. The second-order valence-corrected chi connectivity index (χ2v) is 6.69. The largest absolute Gasteiger partial charge is 0.497 e. The first-order chi connectivity index (χ1) is 12.3. The number of rotatable bonds is 8. The van der Waals surface area contributed by atoms with Crippen LogP contribution < -0.4 is 10.1 Å². The summed E-state index contributed by atoms with van der Waals surface area (Å²) in [6.07, 6.45) is 5.02. The van der Waals surface area contributed by atoms with Crippen LogP contribution in [0.3, 0.4) is 0 Å². The van der Waals surface area contributed by atoms with Crippen LogP contribution in [0, 0.1) is 0 Å². The van der Waals surface area contributed by atoms with E-state index in [-0.39, 0.29) is 5.91 Å². The standard InChI is InChI=1S/C17H22N4O3S/c1-23-14-6-4-13(5-7-14)21-12-19-20-17(21)25-11-16(22)18-9-8-15-3-2-10-24-15/h4-7,12,15H,2-3,8-11H2,1H3,(H,18,22). The highest BCUT2D eigenvalue weighted by Crippen LogP contribution is 2.21. The molecular formula is C17H22N4O3S. The third-order valence-corrected chi connectivity index (χ3v) is 4.95. The van der Waals surface area contributed by atoms with Crippen LogP contribution in [0.4, 0.5) is 0 Å². The minimum absolute atomic E-state index is 0.00715. The van der Waals surface area contributed by atoms with Gasteiger partial charge in [0, 0.05) is 18.8 Å². The highest BCUT2D eigenvalue weighted by atomic mass is 32.2. The number of amides is 1. The fourth-order valence-corrected chi connectivity index (χ4v) is 3.43.